The smallest absolute Gasteiger partial charge is 0.251 e. The minimum Gasteiger partial charge on any atom is -0.313 e. The van der Waals surface area contributed by atoms with E-state index in [0.29, 0.717) is 6.54 Å². The van der Waals surface area contributed by atoms with E-state index >= 15 is 0 Å². The highest BCUT2D eigenvalue weighted by Gasteiger charge is 2.15. The molecule has 0 aliphatic carbocycles. The predicted octanol–water partition coefficient (Wildman–Crippen LogP) is 1.73. The van der Waals surface area contributed by atoms with Crippen LogP contribution in [-0.2, 0) is 16.6 Å². The first kappa shape index (κ1) is 16.0. The molecule has 0 aliphatic rings. The Hall–Kier alpha value is -1.05. The number of sulfonamides is 1. The van der Waals surface area contributed by atoms with Gasteiger partial charge >= 0.3 is 0 Å². The second-order valence-electron chi connectivity index (χ2n) is 4.06. The van der Waals surface area contributed by atoms with Gasteiger partial charge in [0.1, 0.15) is 0 Å². The van der Waals surface area contributed by atoms with Gasteiger partial charge in [-0.05, 0) is 30.7 Å². The van der Waals surface area contributed by atoms with Crippen LogP contribution in [0.4, 0.5) is 8.78 Å². The van der Waals surface area contributed by atoms with Crippen molar-refractivity contribution in [3.63, 3.8) is 0 Å². The lowest BCUT2D eigenvalue weighted by molar-refractivity contribution is 0.153. The summed E-state index contributed by atoms with van der Waals surface area (Å²) in [6.07, 6.45) is -1.68. The molecule has 0 saturated heterocycles. The third-order valence-electron chi connectivity index (χ3n) is 2.42. The van der Waals surface area contributed by atoms with Gasteiger partial charge in [0.25, 0.3) is 6.43 Å². The van der Waals surface area contributed by atoms with Crippen LogP contribution in [0.15, 0.2) is 29.2 Å². The van der Waals surface area contributed by atoms with E-state index in [1.54, 1.807) is 12.1 Å². The Morgan fingerprint density at radius 2 is 1.84 bits per heavy atom. The maximum atomic E-state index is 12.0. The molecule has 2 N–H and O–H groups in total. The fourth-order valence-corrected chi connectivity index (χ4v) is 2.46. The maximum absolute atomic E-state index is 12.0. The van der Waals surface area contributed by atoms with E-state index in [2.05, 4.69) is 12.2 Å². The number of hydrogen-bond donors (Lipinski definition) is 2. The molecule has 0 fully saturated rings. The maximum Gasteiger partial charge on any atom is 0.251 e. The predicted molar refractivity (Wildman–Crippen MR) is 69.6 cm³/mol. The van der Waals surface area contributed by atoms with Crippen molar-refractivity contribution < 1.29 is 17.2 Å². The van der Waals surface area contributed by atoms with Gasteiger partial charge < -0.3 is 5.32 Å². The van der Waals surface area contributed by atoms with E-state index in [1.165, 1.54) is 12.1 Å². The molecular weight excluding hydrogens is 274 g/mol. The van der Waals surface area contributed by atoms with Gasteiger partial charge in [0.15, 0.2) is 0 Å². The van der Waals surface area contributed by atoms with Gasteiger partial charge in [-0.3, -0.25) is 0 Å². The molecule has 0 unspecified atom stereocenters. The lowest BCUT2D eigenvalue weighted by Crippen LogP contribution is -2.28. The van der Waals surface area contributed by atoms with E-state index in [0.717, 1.165) is 18.5 Å². The molecule has 4 nitrogen and oxygen atoms in total. The molecule has 0 heterocycles. The second kappa shape index (κ2) is 7.52. The molecule has 0 bridgehead atoms. The fourth-order valence-electron chi connectivity index (χ4n) is 1.45. The zero-order valence-electron chi connectivity index (χ0n) is 10.7. The van der Waals surface area contributed by atoms with Crippen LogP contribution < -0.4 is 10.0 Å². The van der Waals surface area contributed by atoms with Gasteiger partial charge in [-0.15, -0.1) is 0 Å². The average Bonchev–Trinajstić information content (AvgIpc) is 2.37. The molecule has 0 radical (unpaired) electrons. The summed E-state index contributed by atoms with van der Waals surface area (Å²) < 4.78 is 49.1. The number of nitrogens with one attached hydrogen (secondary N) is 2. The van der Waals surface area contributed by atoms with Crippen LogP contribution in [-0.4, -0.2) is 27.9 Å². The summed E-state index contributed by atoms with van der Waals surface area (Å²) in [5.74, 6) is 0. The largest absolute Gasteiger partial charge is 0.313 e. The van der Waals surface area contributed by atoms with Crippen molar-refractivity contribution in [2.75, 3.05) is 13.1 Å². The highest BCUT2D eigenvalue weighted by Crippen LogP contribution is 2.10. The normalized spacial score (nSPS) is 12.0. The van der Waals surface area contributed by atoms with Gasteiger partial charge in [0, 0.05) is 6.54 Å². The van der Waals surface area contributed by atoms with Crippen LogP contribution in [0.1, 0.15) is 18.9 Å². The Labute approximate surface area is 112 Å². The number of hydrogen-bond acceptors (Lipinski definition) is 3. The number of rotatable bonds is 8. The van der Waals surface area contributed by atoms with E-state index in [1.807, 2.05) is 4.72 Å². The highest BCUT2D eigenvalue weighted by atomic mass is 32.2. The zero-order chi connectivity index (χ0) is 14.3. The molecule has 0 aromatic heterocycles. The van der Waals surface area contributed by atoms with E-state index in [-0.39, 0.29) is 4.90 Å². The monoisotopic (exact) mass is 292 g/mol. The number of halogens is 2. The van der Waals surface area contributed by atoms with Crippen molar-refractivity contribution in [3.8, 4) is 0 Å². The van der Waals surface area contributed by atoms with Crippen molar-refractivity contribution in [1.29, 1.82) is 0 Å². The van der Waals surface area contributed by atoms with E-state index < -0.39 is 23.0 Å². The Bertz CT molecular complexity index is 475. The quantitative estimate of drug-likeness (QED) is 0.717. The summed E-state index contributed by atoms with van der Waals surface area (Å²) in [7, 11) is -3.85. The standard InChI is InChI=1S/C12H18F2N2O2S/c1-2-7-15-8-10-3-5-11(6-4-10)19(17,18)16-9-12(13)14/h3-6,12,15-16H,2,7-9H2,1H3. The minimum absolute atomic E-state index is 0.00704. The van der Waals surface area contributed by atoms with Gasteiger partial charge in [-0.25, -0.2) is 21.9 Å². The molecule has 1 rings (SSSR count). The first-order valence-electron chi connectivity index (χ1n) is 6.03. The molecule has 19 heavy (non-hydrogen) atoms. The Morgan fingerprint density at radius 1 is 1.21 bits per heavy atom. The van der Waals surface area contributed by atoms with Gasteiger partial charge in [0.05, 0.1) is 11.4 Å². The fraction of sp³-hybridized carbons (Fsp3) is 0.500. The average molecular weight is 292 g/mol. The summed E-state index contributed by atoms with van der Waals surface area (Å²) >= 11 is 0. The van der Waals surface area contributed by atoms with Crippen LogP contribution in [0.2, 0.25) is 0 Å². The summed E-state index contributed by atoms with van der Waals surface area (Å²) in [5.41, 5.74) is 0.946. The molecule has 0 saturated carbocycles. The molecule has 7 heteroatoms. The lowest BCUT2D eigenvalue weighted by atomic mass is 10.2. The Morgan fingerprint density at radius 3 is 2.37 bits per heavy atom. The van der Waals surface area contributed by atoms with Crippen molar-refractivity contribution >= 4 is 10.0 Å². The number of benzene rings is 1. The third kappa shape index (κ3) is 5.63. The SMILES string of the molecule is CCCNCc1ccc(S(=O)(=O)NCC(F)F)cc1. The molecule has 108 valence electrons. The van der Waals surface area contributed by atoms with E-state index in [9.17, 15) is 17.2 Å². The highest BCUT2D eigenvalue weighted by molar-refractivity contribution is 7.89. The molecule has 1 aromatic rings. The van der Waals surface area contributed by atoms with Crippen molar-refractivity contribution in [3.05, 3.63) is 29.8 Å². The molecule has 0 aliphatic heterocycles. The van der Waals surface area contributed by atoms with Crippen molar-refractivity contribution in [2.24, 2.45) is 0 Å². The molecule has 0 amide bonds. The summed E-state index contributed by atoms with van der Waals surface area (Å²) in [6, 6.07) is 6.16. The van der Waals surface area contributed by atoms with Crippen LogP contribution >= 0.6 is 0 Å². The summed E-state index contributed by atoms with van der Waals surface area (Å²) in [4.78, 5) is -0.00704. The van der Waals surface area contributed by atoms with Gasteiger partial charge in [-0.2, -0.15) is 0 Å². The molecular formula is C12H18F2N2O2S. The summed E-state index contributed by atoms with van der Waals surface area (Å²) in [5, 5.41) is 3.19. The van der Waals surface area contributed by atoms with Crippen LogP contribution in [0.3, 0.4) is 0 Å². The first-order chi connectivity index (χ1) is 8.95. The van der Waals surface area contributed by atoms with Gasteiger partial charge in [-0.1, -0.05) is 19.1 Å². The third-order valence-corrected chi connectivity index (χ3v) is 3.86. The Kier molecular flexibility index (Phi) is 6.33. The van der Waals surface area contributed by atoms with Crippen LogP contribution in [0.25, 0.3) is 0 Å². The first-order valence-corrected chi connectivity index (χ1v) is 7.51. The Balaban J connectivity index is 2.64. The van der Waals surface area contributed by atoms with Gasteiger partial charge in [0.2, 0.25) is 10.0 Å². The lowest BCUT2D eigenvalue weighted by Gasteiger charge is -2.07. The van der Waals surface area contributed by atoms with E-state index in [4.69, 9.17) is 0 Å². The van der Waals surface area contributed by atoms with Crippen molar-refractivity contribution in [1.82, 2.24) is 10.0 Å². The van der Waals surface area contributed by atoms with Crippen LogP contribution in [0.5, 0.6) is 0 Å². The van der Waals surface area contributed by atoms with Crippen molar-refractivity contribution in [2.45, 2.75) is 31.2 Å². The topological polar surface area (TPSA) is 58.2 Å². The summed E-state index contributed by atoms with van der Waals surface area (Å²) in [6.45, 7) is 2.72. The molecule has 1 aromatic carbocycles. The molecule has 0 atom stereocenters. The minimum atomic E-state index is -3.85. The zero-order valence-corrected chi connectivity index (χ0v) is 11.5. The van der Waals surface area contributed by atoms with Crippen LogP contribution in [0, 0.1) is 0 Å². The number of alkyl halides is 2. The molecule has 0 spiro atoms. The second-order valence-corrected chi connectivity index (χ2v) is 5.83.